The number of cyclic esters (lactones) is 2. The topological polar surface area (TPSA) is 91.8 Å². The average molecular weight is 293 g/mol. The SMILES string of the molecule is CCC(c1cc(F)cc2ccoc12)C1(N)OC(=O)C(=O)O1. The van der Waals surface area contributed by atoms with Gasteiger partial charge in [0.2, 0.25) is 0 Å². The van der Waals surface area contributed by atoms with E-state index in [9.17, 15) is 14.0 Å². The average Bonchev–Trinajstić information content (AvgIpc) is 2.95. The molecule has 1 aromatic carbocycles. The van der Waals surface area contributed by atoms with Gasteiger partial charge in [-0.3, -0.25) is 5.73 Å². The van der Waals surface area contributed by atoms with Crippen LogP contribution in [0.4, 0.5) is 4.39 Å². The van der Waals surface area contributed by atoms with Crippen molar-refractivity contribution in [3.8, 4) is 0 Å². The first-order valence-corrected chi connectivity index (χ1v) is 6.36. The maximum absolute atomic E-state index is 13.7. The largest absolute Gasteiger partial charge is 0.464 e. The zero-order valence-electron chi connectivity index (χ0n) is 11.1. The molecule has 0 bridgehead atoms. The molecule has 0 amide bonds. The molecule has 0 saturated carbocycles. The van der Waals surface area contributed by atoms with E-state index in [1.807, 2.05) is 0 Å². The fourth-order valence-electron chi connectivity index (χ4n) is 2.59. The van der Waals surface area contributed by atoms with Crippen molar-refractivity contribution in [1.82, 2.24) is 0 Å². The molecule has 7 heteroatoms. The van der Waals surface area contributed by atoms with Crippen LogP contribution in [0.15, 0.2) is 28.9 Å². The Morgan fingerprint density at radius 2 is 1.95 bits per heavy atom. The van der Waals surface area contributed by atoms with E-state index in [0.29, 0.717) is 23.0 Å². The Kier molecular flexibility index (Phi) is 2.94. The van der Waals surface area contributed by atoms with E-state index in [4.69, 9.17) is 19.6 Å². The van der Waals surface area contributed by atoms with Crippen molar-refractivity contribution in [1.29, 1.82) is 0 Å². The number of nitrogens with two attached hydrogens (primary N) is 1. The number of fused-ring (bicyclic) bond motifs is 1. The first kappa shape index (κ1) is 13.6. The van der Waals surface area contributed by atoms with Crippen LogP contribution >= 0.6 is 0 Å². The minimum atomic E-state index is -1.96. The number of furan rings is 1. The van der Waals surface area contributed by atoms with Gasteiger partial charge in [0, 0.05) is 10.9 Å². The van der Waals surface area contributed by atoms with E-state index >= 15 is 0 Å². The molecule has 1 saturated heterocycles. The maximum atomic E-state index is 13.7. The van der Waals surface area contributed by atoms with Gasteiger partial charge in [-0.2, -0.15) is 0 Å². The van der Waals surface area contributed by atoms with E-state index < -0.39 is 29.6 Å². The second-order valence-electron chi connectivity index (χ2n) is 4.80. The van der Waals surface area contributed by atoms with Crippen LogP contribution in [-0.2, 0) is 19.1 Å². The second kappa shape index (κ2) is 4.56. The molecule has 1 aliphatic rings. The normalized spacial score (nSPS) is 18.6. The van der Waals surface area contributed by atoms with Crippen LogP contribution in [-0.4, -0.2) is 17.8 Å². The maximum Gasteiger partial charge on any atom is 0.421 e. The van der Waals surface area contributed by atoms with Crippen molar-refractivity contribution in [2.75, 3.05) is 0 Å². The van der Waals surface area contributed by atoms with Crippen LogP contribution in [0.5, 0.6) is 0 Å². The molecule has 110 valence electrons. The van der Waals surface area contributed by atoms with Gasteiger partial charge < -0.3 is 13.9 Å². The molecule has 2 heterocycles. The molecular weight excluding hydrogens is 281 g/mol. The third-order valence-corrected chi connectivity index (χ3v) is 3.49. The molecule has 3 rings (SSSR count). The van der Waals surface area contributed by atoms with Gasteiger partial charge in [0.1, 0.15) is 11.4 Å². The molecule has 0 spiro atoms. The van der Waals surface area contributed by atoms with Gasteiger partial charge in [-0.25, -0.2) is 14.0 Å². The Hall–Kier alpha value is -2.41. The summed E-state index contributed by atoms with van der Waals surface area (Å²) < 4.78 is 28.8. The van der Waals surface area contributed by atoms with E-state index in [1.54, 1.807) is 13.0 Å². The number of esters is 2. The molecule has 1 atom stereocenters. The summed E-state index contributed by atoms with van der Waals surface area (Å²) in [4.78, 5) is 22.5. The number of rotatable bonds is 3. The van der Waals surface area contributed by atoms with Gasteiger partial charge in [-0.1, -0.05) is 6.92 Å². The number of benzene rings is 1. The smallest absolute Gasteiger partial charge is 0.421 e. The number of halogens is 1. The van der Waals surface area contributed by atoms with Crippen LogP contribution < -0.4 is 5.73 Å². The number of hydrogen-bond donors (Lipinski definition) is 1. The molecule has 0 aliphatic carbocycles. The Morgan fingerprint density at radius 1 is 1.29 bits per heavy atom. The fourth-order valence-corrected chi connectivity index (χ4v) is 2.59. The summed E-state index contributed by atoms with van der Waals surface area (Å²) >= 11 is 0. The van der Waals surface area contributed by atoms with Crippen molar-refractivity contribution >= 4 is 22.9 Å². The van der Waals surface area contributed by atoms with Crippen molar-refractivity contribution in [3.05, 3.63) is 35.8 Å². The molecule has 21 heavy (non-hydrogen) atoms. The third kappa shape index (κ3) is 2.06. The lowest BCUT2D eigenvalue weighted by atomic mass is 9.91. The lowest BCUT2D eigenvalue weighted by molar-refractivity contribution is -0.186. The monoisotopic (exact) mass is 293 g/mol. The van der Waals surface area contributed by atoms with Crippen molar-refractivity contribution in [3.63, 3.8) is 0 Å². The molecule has 1 unspecified atom stereocenters. The van der Waals surface area contributed by atoms with E-state index in [2.05, 4.69) is 0 Å². The third-order valence-electron chi connectivity index (χ3n) is 3.49. The Morgan fingerprint density at radius 3 is 2.57 bits per heavy atom. The van der Waals surface area contributed by atoms with Crippen molar-refractivity contribution in [2.45, 2.75) is 25.2 Å². The van der Waals surface area contributed by atoms with Crippen molar-refractivity contribution in [2.24, 2.45) is 5.73 Å². The molecule has 1 aromatic heterocycles. The highest BCUT2D eigenvalue weighted by Gasteiger charge is 2.52. The highest BCUT2D eigenvalue weighted by molar-refractivity contribution is 6.31. The van der Waals surface area contributed by atoms with Gasteiger partial charge in [0.05, 0.1) is 12.2 Å². The van der Waals surface area contributed by atoms with Gasteiger partial charge >= 0.3 is 17.8 Å². The molecule has 2 N–H and O–H groups in total. The van der Waals surface area contributed by atoms with Crippen LogP contribution in [0.3, 0.4) is 0 Å². The highest BCUT2D eigenvalue weighted by Crippen LogP contribution is 2.39. The summed E-state index contributed by atoms with van der Waals surface area (Å²) in [7, 11) is 0. The predicted octanol–water partition coefficient (Wildman–Crippen LogP) is 1.78. The van der Waals surface area contributed by atoms with Crippen LogP contribution in [0.1, 0.15) is 24.8 Å². The zero-order chi connectivity index (χ0) is 15.2. The van der Waals surface area contributed by atoms with Gasteiger partial charge in [0.25, 0.3) is 0 Å². The summed E-state index contributed by atoms with van der Waals surface area (Å²) in [6, 6.07) is 4.14. The quantitative estimate of drug-likeness (QED) is 0.685. The molecule has 1 fully saturated rings. The Labute approximate surface area is 118 Å². The summed E-state index contributed by atoms with van der Waals surface area (Å²) in [6.45, 7) is 1.75. The highest BCUT2D eigenvalue weighted by atomic mass is 19.1. The summed E-state index contributed by atoms with van der Waals surface area (Å²) in [6.07, 6.45) is 1.76. The summed E-state index contributed by atoms with van der Waals surface area (Å²) in [5, 5.41) is 0.544. The predicted molar refractivity (Wildman–Crippen MR) is 68.3 cm³/mol. The minimum absolute atomic E-state index is 0.344. The fraction of sp³-hybridized carbons (Fsp3) is 0.286. The minimum Gasteiger partial charge on any atom is -0.464 e. The second-order valence-corrected chi connectivity index (χ2v) is 4.80. The standard InChI is InChI=1S/C14H12FNO5/c1-2-10(14(16)20-12(17)13(18)21-14)9-6-8(15)5-7-3-4-19-11(7)9/h3-6,10H,2,16H2,1H3. The first-order chi connectivity index (χ1) is 9.94. The van der Waals surface area contributed by atoms with Crippen molar-refractivity contribution < 1.29 is 27.9 Å². The lowest BCUT2D eigenvalue weighted by Crippen LogP contribution is -2.47. The van der Waals surface area contributed by atoms with E-state index in [1.165, 1.54) is 18.4 Å². The summed E-state index contributed by atoms with van der Waals surface area (Å²) in [5.41, 5.74) is 6.67. The number of ether oxygens (including phenoxy) is 2. The zero-order valence-corrected chi connectivity index (χ0v) is 11.1. The van der Waals surface area contributed by atoms with E-state index in [0.717, 1.165) is 0 Å². The molecule has 6 nitrogen and oxygen atoms in total. The number of hydrogen-bond acceptors (Lipinski definition) is 6. The molecule has 1 aliphatic heterocycles. The Bertz CT molecular complexity index is 722. The van der Waals surface area contributed by atoms with Gasteiger partial charge in [0.15, 0.2) is 0 Å². The first-order valence-electron chi connectivity index (χ1n) is 6.36. The Balaban J connectivity index is 2.13. The van der Waals surface area contributed by atoms with Gasteiger partial charge in [-0.05, 0) is 24.6 Å². The van der Waals surface area contributed by atoms with Gasteiger partial charge in [-0.15, -0.1) is 0 Å². The van der Waals surface area contributed by atoms with E-state index in [-0.39, 0.29) is 0 Å². The molecular formula is C14H12FNO5. The van der Waals surface area contributed by atoms with Crippen LogP contribution in [0.2, 0.25) is 0 Å². The number of carbonyl (C=O) groups is 2. The molecule has 0 radical (unpaired) electrons. The lowest BCUT2D eigenvalue weighted by Gasteiger charge is -2.29. The summed E-state index contributed by atoms with van der Waals surface area (Å²) in [5.74, 6) is -5.53. The van der Waals surface area contributed by atoms with Crippen LogP contribution in [0, 0.1) is 5.82 Å². The number of carbonyl (C=O) groups excluding carboxylic acids is 2. The molecule has 2 aromatic rings. The van der Waals surface area contributed by atoms with Crippen LogP contribution in [0.25, 0.3) is 11.0 Å².